The molecule has 0 radical (unpaired) electrons. The first kappa shape index (κ1) is 16.3. The van der Waals surface area contributed by atoms with Crippen molar-refractivity contribution in [3.05, 3.63) is 51.3 Å². The quantitative estimate of drug-likeness (QED) is 0.759. The Bertz CT molecular complexity index is 583. The summed E-state index contributed by atoms with van der Waals surface area (Å²) >= 11 is 11.8. The van der Waals surface area contributed by atoms with Gasteiger partial charge < -0.3 is 20.1 Å². The van der Waals surface area contributed by atoms with Gasteiger partial charge in [0.05, 0.1) is 12.1 Å². The SMILES string of the molecule is CC(NCC(O)c1cc(Cl)cc(Cl)c1)c1cc(CO)on1. The molecule has 21 heavy (non-hydrogen) atoms. The highest BCUT2D eigenvalue weighted by molar-refractivity contribution is 6.34. The number of aliphatic hydroxyl groups is 2. The summed E-state index contributed by atoms with van der Waals surface area (Å²) in [5.41, 5.74) is 1.30. The standard InChI is InChI=1S/C14H16Cl2N2O3/c1-8(13-5-12(7-19)21-18-13)17-6-14(20)9-2-10(15)4-11(16)3-9/h2-5,8,14,17,19-20H,6-7H2,1H3. The van der Waals surface area contributed by atoms with Crippen molar-refractivity contribution in [1.82, 2.24) is 10.5 Å². The second kappa shape index (κ2) is 7.24. The van der Waals surface area contributed by atoms with E-state index in [0.717, 1.165) is 0 Å². The van der Waals surface area contributed by atoms with Crippen LogP contribution in [-0.2, 0) is 6.61 Å². The summed E-state index contributed by atoms with van der Waals surface area (Å²) in [6.45, 7) is 2.00. The lowest BCUT2D eigenvalue weighted by molar-refractivity contribution is 0.170. The molecule has 114 valence electrons. The van der Waals surface area contributed by atoms with E-state index in [1.807, 2.05) is 6.92 Å². The second-order valence-corrected chi connectivity index (χ2v) is 5.60. The minimum Gasteiger partial charge on any atom is -0.388 e. The number of hydrogen-bond donors (Lipinski definition) is 3. The van der Waals surface area contributed by atoms with Crippen molar-refractivity contribution in [1.29, 1.82) is 0 Å². The summed E-state index contributed by atoms with van der Waals surface area (Å²) in [7, 11) is 0. The number of hydrogen-bond acceptors (Lipinski definition) is 5. The molecular formula is C14H16Cl2N2O3. The van der Waals surface area contributed by atoms with Crippen molar-refractivity contribution < 1.29 is 14.7 Å². The fourth-order valence-corrected chi connectivity index (χ4v) is 2.43. The first-order chi connectivity index (χ1) is 9.99. The molecule has 2 unspecified atom stereocenters. The fraction of sp³-hybridized carbons (Fsp3) is 0.357. The van der Waals surface area contributed by atoms with Crippen LogP contribution in [-0.4, -0.2) is 21.9 Å². The van der Waals surface area contributed by atoms with Gasteiger partial charge in [-0.15, -0.1) is 0 Å². The van der Waals surface area contributed by atoms with Gasteiger partial charge in [-0.25, -0.2) is 0 Å². The lowest BCUT2D eigenvalue weighted by Crippen LogP contribution is -2.24. The summed E-state index contributed by atoms with van der Waals surface area (Å²) in [4.78, 5) is 0. The third-order valence-electron chi connectivity index (χ3n) is 3.06. The van der Waals surface area contributed by atoms with Crippen molar-refractivity contribution in [2.24, 2.45) is 0 Å². The highest BCUT2D eigenvalue weighted by Crippen LogP contribution is 2.23. The van der Waals surface area contributed by atoms with Crippen LogP contribution in [0.15, 0.2) is 28.8 Å². The Morgan fingerprint density at radius 2 is 1.90 bits per heavy atom. The van der Waals surface area contributed by atoms with E-state index >= 15 is 0 Å². The van der Waals surface area contributed by atoms with Crippen LogP contribution in [0.25, 0.3) is 0 Å². The van der Waals surface area contributed by atoms with E-state index in [0.29, 0.717) is 33.6 Å². The van der Waals surface area contributed by atoms with Gasteiger partial charge in [0, 0.05) is 22.7 Å². The lowest BCUT2D eigenvalue weighted by atomic mass is 10.1. The highest BCUT2D eigenvalue weighted by Gasteiger charge is 2.14. The number of halogens is 2. The Kier molecular flexibility index (Phi) is 5.61. The predicted octanol–water partition coefficient (Wildman–Crippen LogP) is 2.86. The smallest absolute Gasteiger partial charge is 0.162 e. The molecule has 5 nitrogen and oxygen atoms in total. The number of rotatable bonds is 6. The Morgan fingerprint density at radius 3 is 2.48 bits per heavy atom. The van der Waals surface area contributed by atoms with Crippen molar-refractivity contribution in [3.8, 4) is 0 Å². The zero-order valence-electron chi connectivity index (χ0n) is 11.4. The Morgan fingerprint density at radius 1 is 1.24 bits per heavy atom. The van der Waals surface area contributed by atoms with E-state index in [1.165, 1.54) is 0 Å². The molecule has 2 aromatic rings. The Labute approximate surface area is 132 Å². The summed E-state index contributed by atoms with van der Waals surface area (Å²) in [5, 5.41) is 27.0. The minimum absolute atomic E-state index is 0.127. The van der Waals surface area contributed by atoms with Gasteiger partial charge in [0.2, 0.25) is 0 Å². The Balaban J connectivity index is 1.95. The lowest BCUT2D eigenvalue weighted by Gasteiger charge is -2.16. The average molecular weight is 331 g/mol. The molecule has 0 spiro atoms. The molecule has 1 heterocycles. The third-order valence-corrected chi connectivity index (χ3v) is 3.50. The first-order valence-electron chi connectivity index (χ1n) is 6.43. The van der Waals surface area contributed by atoms with E-state index < -0.39 is 6.10 Å². The Hall–Kier alpha value is -1.11. The molecule has 3 N–H and O–H groups in total. The first-order valence-corrected chi connectivity index (χ1v) is 7.19. The molecule has 7 heteroatoms. The van der Waals surface area contributed by atoms with Crippen LogP contribution < -0.4 is 5.32 Å². The molecule has 0 fully saturated rings. The molecule has 0 aliphatic rings. The van der Waals surface area contributed by atoms with Crippen LogP contribution >= 0.6 is 23.2 Å². The number of aliphatic hydroxyl groups excluding tert-OH is 2. The van der Waals surface area contributed by atoms with E-state index in [-0.39, 0.29) is 12.6 Å². The molecule has 2 atom stereocenters. The predicted molar refractivity (Wildman–Crippen MR) is 80.3 cm³/mol. The monoisotopic (exact) mass is 330 g/mol. The van der Waals surface area contributed by atoms with Gasteiger partial charge in [0.25, 0.3) is 0 Å². The van der Waals surface area contributed by atoms with Crippen LogP contribution in [0.1, 0.15) is 36.1 Å². The van der Waals surface area contributed by atoms with Crippen LogP contribution in [0, 0.1) is 0 Å². The molecule has 0 amide bonds. The maximum atomic E-state index is 10.2. The zero-order valence-corrected chi connectivity index (χ0v) is 12.9. The molecule has 1 aromatic heterocycles. The molecule has 0 aliphatic carbocycles. The van der Waals surface area contributed by atoms with Gasteiger partial charge in [-0.2, -0.15) is 0 Å². The van der Waals surface area contributed by atoms with Gasteiger partial charge in [-0.1, -0.05) is 28.4 Å². The molecule has 0 saturated carbocycles. The van der Waals surface area contributed by atoms with Crippen LogP contribution in [0.5, 0.6) is 0 Å². The summed E-state index contributed by atoms with van der Waals surface area (Å²) in [5.74, 6) is 0.404. The van der Waals surface area contributed by atoms with Gasteiger partial charge in [0.1, 0.15) is 12.3 Å². The maximum Gasteiger partial charge on any atom is 0.162 e. The van der Waals surface area contributed by atoms with Gasteiger partial charge in [-0.3, -0.25) is 0 Å². The summed E-state index contributed by atoms with van der Waals surface area (Å²) < 4.78 is 4.92. The molecule has 2 rings (SSSR count). The van der Waals surface area contributed by atoms with E-state index in [4.69, 9.17) is 32.8 Å². The molecule has 0 bridgehead atoms. The second-order valence-electron chi connectivity index (χ2n) is 4.72. The van der Waals surface area contributed by atoms with Gasteiger partial charge in [-0.05, 0) is 30.7 Å². The van der Waals surface area contributed by atoms with Crippen molar-refractivity contribution in [2.75, 3.05) is 6.54 Å². The van der Waals surface area contributed by atoms with Crippen LogP contribution in [0.3, 0.4) is 0 Å². The van der Waals surface area contributed by atoms with Crippen molar-refractivity contribution in [2.45, 2.75) is 25.7 Å². The highest BCUT2D eigenvalue weighted by atomic mass is 35.5. The maximum absolute atomic E-state index is 10.2. The summed E-state index contributed by atoms with van der Waals surface area (Å²) in [6.07, 6.45) is -0.743. The molecule has 0 aliphatic heterocycles. The summed E-state index contributed by atoms with van der Waals surface area (Å²) in [6, 6.07) is 6.49. The molecule has 1 aromatic carbocycles. The van der Waals surface area contributed by atoms with Crippen molar-refractivity contribution >= 4 is 23.2 Å². The largest absolute Gasteiger partial charge is 0.388 e. The molecule has 0 saturated heterocycles. The number of aromatic nitrogens is 1. The molecular weight excluding hydrogens is 315 g/mol. The van der Waals surface area contributed by atoms with E-state index in [1.54, 1.807) is 24.3 Å². The van der Waals surface area contributed by atoms with E-state index in [2.05, 4.69) is 10.5 Å². The minimum atomic E-state index is -0.743. The number of nitrogens with one attached hydrogen (secondary N) is 1. The van der Waals surface area contributed by atoms with E-state index in [9.17, 15) is 5.11 Å². The fourth-order valence-electron chi connectivity index (χ4n) is 1.89. The number of benzene rings is 1. The topological polar surface area (TPSA) is 78.5 Å². The zero-order chi connectivity index (χ0) is 15.4. The van der Waals surface area contributed by atoms with Gasteiger partial charge in [0.15, 0.2) is 5.76 Å². The van der Waals surface area contributed by atoms with Crippen LogP contribution in [0.4, 0.5) is 0 Å². The normalized spacial score (nSPS) is 14.1. The van der Waals surface area contributed by atoms with Crippen LogP contribution in [0.2, 0.25) is 10.0 Å². The third kappa shape index (κ3) is 4.43. The van der Waals surface area contributed by atoms with Crippen molar-refractivity contribution in [3.63, 3.8) is 0 Å². The van der Waals surface area contributed by atoms with Gasteiger partial charge >= 0.3 is 0 Å². The average Bonchev–Trinajstić information content (AvgIpc) is 2.92. The number of nitrogens with zero attached hydrogens (tertiary/aromatic N) is 1.